The number of halogens is 1. The predicted octanol–water partition coefficient (Wildman–Crippen LogP) is 3.68. The number of carbonyl (C=O) groups excluding carboxylic acids is 3. The third kappa shape index (κ3) is 5.63. The van der Waals surface area contributed by atoms with Gasteiger partial charge in [-0.15, -0.1) is 0 Å². The van der Waals surface area contributed by atoms with Crippen LogP contribution in [0.5, 0.6) is 0 Å². The lowest BCUT2D eigenvalue weighted by Gasteiger charge is -2.31. The molecule has 1 aromatic heterocycles. The van der Waals surface area contributed by atoms with E-state index in [1.54, 1.807) is 47.5 Å². The van der Waals surface area contributed by atoms with Crippen LogP contribution in [0, 0.1) is 5.92 Å². The number of rotatable bonds is 5. The molecule has 1 atom stereocenters. The first kappa shape index (κ1) is 21.0. The number of nitrogens with one attached hydrogen (secondary N) is 2. The van der Waals surface area contributed by atoms with Crippen molar-refractivity contribution in [2.75, 3.05) is 23.7 Å². The number of likely N-dealkylation sites (tertiary alicyclic amines) is 1. The highest BCUT2D eigenvalue weighted by molar-refractivity contribution is 9.10. The molecule has 1 aromatic carbocycles. The van der Waals surface area contributed by atoms with Crippen molar-refractivity contribution in [2.24, 2.45) is 5.92 Å². The Morgan fingerprint density at radius 3 is 2.76 bits per heavy atom. The molecule has 1 unspecified atom stereocenters. The topological polar surface area (TPSA) is 91.4 Å². The first-order valence-electron chi connectivity index (χ1n) is 9.58. The van der Waals surface area contributed by atoms with Gasteiger partial charge in [0.1, 0.15) is 5.82 Å². The van der Waals surface area contributed by atoms with Crippen molar-refractivity contribution < 1.29 is 14.4 Å². The van der Waals surface area contributed by atoms with Crippen LogP contribution in [0.2, 0.25) is 0 Å². The van der Waals surface area contributed by atoms with Gasteiger partial charge in [-0.25, -0.2) is 4.98 Å². The molecule has 2 N–H and O–H groups in total. The van der Waals surface area contributed by atoms with E-state index in [-0.39, 0.29) is 23.6 Å². The van der Waals surface area contributed by atoms with E-state index in [0.717, 1.165) is 17.3 Å². The van der Waals surface area contributed by atoms with Crippen LogP contribution in [0.25, 0.3) is 0 Å². The van der Waals surface area contributed by atoms with Gasteiger partial charge in [0.2, 0.25) is 11.8 Å². The average molecular weight is 459 g/mol. The molecule has 29 heavy (non-hydrogen) atoms. The van der Waals surface area contributed by atoms with Crippen LogP contribution in [-0.2, 0) is 9.59 Å². The number of nitrogens with zero attached hydrogens (tertiary/aromatic N) is 2. The molecule has 0 saturated carbocycles. The summed E-state index contributed by atoms with van der Waals surface area (Å²) >= 11 is 3.30. The van der Waals surface area contributed by atoms with Crippen molar-refractivity contribution >= 4 is 45.2 Å². The van der Waals surface area contributed by atoms with Crippen LogP contribution in [-0.4, -0.2) is 40.7 Å². The molecule has 152 valence electrons. The summed E-state index contributed by atoms with van der Waals surface area (Å²) in [4.78, 5) is 42.9. The van der Waals surface area contributed by atoms with Crippen LogP contribution in [0.4, 0.5) is 11.5 Å². The van der Waals surface area contributed by atoms with Crippen molar-refractivity contribution in [2.45, 2.75) is 26.2 Å². The maximum absolute atomic E-state index is 12.7. The van der Waals surface area contributed by atoms with Gasteiger partial charge in [0.25, 0.3) is 5.91 Å². The molecule has 1 fully saturated rings. The van der Waals surface area contributed by atoms with E-state index in [0.29, 0.717) is 36.6 Å². The van der Waals surface area contributed by atoms with Gasteiger partial charge >= 0.3 is 0 Å². The zero-order valence-corrected chi connectivity index (χ0v) is 17.7. The fourth-order valence-corrected chi connectivity index (χ4v) is 3.50. The third-order valence-electron chi connectivity index (χ3n) is 4.81. The predicted molar refractivity (Wildman–Crippen MR) is 115 cm³/mol. The number of hydrogen-bond donors (Lipinski definition) is 2. The summed E-state index contributed by atoms with van der Waals surface area (Å²) in [6, 6.07) is 10.2. The van der Waals surface area contributed by atoms with E-state index < -0.39 is 0 Å². The second-order valence-electron chi connectivity index (χ2n) is 6.92. The lowest BCUT2D eigenvalue weighted by molar-refractivity contribution is -0.134. The van der Waals surface area contributed by atoms with Gasteiger partial charge in [0.15, 0.2) is 0 Å². The fraction of sp³-hybridized carbons (Fsp3) is 0.333. The number of amides is 3. The van der Waals surface area contributed by atoms with E-state index >= 15 is 0 Å². The van der Waals surface area contributed by atoms with Gasteiger partial charge in [-0.1, -0.05) is 13.0 Å². The highest BCUT2D eigenvalue weighted by Gasteiger charge is 2.27. The molecular formula is C21H23BrN4O3. The number of aromatic nitrogens is 1. The molecule has 7 nitrogen and oxygen atoms in total. The summed E-state index contributed by atoms with van der Waals surface area (Å²) in [5.41, 5.74) is 0.962. The van der Waals surface area contributed by atoms with Crippen molar-refractivity contribution in [1.29, 1.82) is 0 Å². The van der Waals surface area contributed by atoms with Crippen LogP contribution in [0.3, 0.4) is 0 Å². The summed E-state index contributed by atoms with van der Waals surface area (Å²) < 4.78 is 0.821. The zero-order valence-electron chi connectivity index (χ0n) is 16.2. The Bertz CT molecular complexity index is 901. The Balaban J connectivity index is 1.63. The van der Waals surface area contributed by atoms with E-state index in [1.165, 1.54) is 0 Å². The maximum atomic E-state index is 12.7. The van der Waals surface area contributed by atoms with Crippen molar-refractivity contribution in [3.63, 3.8) is 0 Å². The molecule has 0 radical (unpaired) electrons. The summed E-state index contributed by atoms with van der Waals surface area (Å²) in [5.74, 6) is -0.180. The van der Waals surface area contributed by atoms with Gasteiger partial charge < -0.3 is 15.5 Å². The van der Waals surface area contributed by atoms with E-state index in [4.69, 9.17) is 0 Å². The van der Waals surface area contributed by atoms with Crippen LogP contribution in [0.15, 0.2) is 47.1 Å². The Morgan fingerprint density at radius 1 is 1.21 bits per heavy atom. The molecule has 3 amide bonds. The molecule has 0 bridgehead atoms. The summed E-state index contributed by atoms with van der Waals surface area (Å²) in [6.07, 6.45) is 3.60. The number of anilines is 2. The molecule has 3 rings (SSSR count). The maximum Gasteiger partial charge on any atom is 0.256 e. The monoisotopic (exact) mass is 458 g/mol. The standard InChI is InChI=1S/C21H23BrN4O3/c1-2-19(27)26-10-4-6-15(13-26)21(29)24-17-7-3-5-14(11-17)20(28)25-18-9-8-16(22)12-23-18/h3,5,7-9,11-12,15H,2,4,6,10,13H2,1H3,(H,24,29)(H,23,25,28). The first-order chi connectivity index (χ1) is 14.0. The Morgan fingerprint density at radius 2 is 2.03 bits per heavy atom. The summed E-state index contributed by atoms with van der Waals surface area (Å²) in [6.45, 7) is 2.97. The number of carbonyl (C=O) groups is 3. The van der Waals surface area contributed by atoms with Gasteiger partial charge in [0.05, 0.1) is 5.92 Å². The summed E-state index contributed by atoms with van der Waals surface area (Å²) in [7, 11) is 0. The highest BCUT2D eigenvalue weighted by Crippen LogP contribution is 2.20. The number of benzene rings is 1. The second-order valence-corrected chi connectivity index (χ2v) is 7.83. The van der Waals surface area contributed by atoms with Crippen LogP contribution < -0.4 is 10.6 Å². The van der Waals surface area contributed by atoms with Crippen molar-refractivity contribution in [3.05, 3.63) is 52.6 Å². The van der Waals surface area contributed by atoms with Gasteiger partial charge in [0, 0.05) is 41.4 Å². The zero-order chi connectivity index (χ0) is 20.8. The minimum atomic E-state index is -0.312. The third-order valence-corrected chi connectivity index (χ3v) is 5.28. The molecular weight excluding hydrogens is 436 g/mol. The lowest BCUT2D eigenvalue weighted by atomic mass is 9.96. The number of piperidine rings is 1. The number of pyridine rings is 1. The smallest absolute Gasteiger partial charge is 0.256 e. The van der Waals surface area contributed by atoms with Crippen molar-refractivity contribution in [1.82, 2.24) is 9.88 Å². The summed E-state index contributed by atoms with van der Waals surface area (Å²) in [5, 5.41) is 5.60. The van der Waals surface area contributed by atoms with Crippen LogP contribution >= 0.6 is 15.9 Å². The molecule has 1 aliphatic rings. The van der Waals surface area contributed by atoms with Crippen molar-refractivity contribution in [3.8, 4) is 0 Å². The SMILES string of the molecule is CCC(=O)N1CCCC(C(=O)Nc2cccc(C(=O)Nc3ccc(Br)cn3)c2)C1. The Kier molecular flexibility index (Phi) is 6.98. The van der Waals surface area contributed by atoms with Gasteiger partial charge in [-0.3, -0.25) is 14.4 Å². The Labute approximate surface area is 178 Å². The quantitative estimate of drug-likeness (QED) is 0.714. The molecule has 0 spiro atoms. The first-order valence-corrected chi connectivity index (χ1v) is 10.4. The van der Waals surface area contributed by atoms with E-state index in [1.807, 2.05) is 6.92 Å². The minimum absolute atomic E-state index is 0.0720. The van der Waals surface area contributed by atoms with Gasteiger partial charge in [-0.05, 0) is 59.1 Å². The molecule has 2 heterocycles. The van der Waals surface area contributed by atoms with E-state index in [9.17, 15) is 14.4 Å². The lowest BCUT2D eigenvalue weighted by Crippen LogP contribution is -2.43. The fourth-order valence-electron chi connectivity index (χ4n) is 3.26. The molecule has 8 heteroatoms. The number of hydrogen-bond acceptors (Lipinski definition) is 4. The highest BCUT2D eigenvalue weighted by atomic mass is 79.9. The molecule has 0 aliphatic carbocycles. The second kappa shape index (κ2) is 9.65. The molecule has 1 aliphatic heterocycles. The van der Waals surface area contributed by atoms with E-state index in [2.05, 4.69) is 31.5 Å². The largest absolute Gasteiger partial charge is 0.342 e. The van der Waals surface area contributed by atoms with Gasteiger partial charge in [-0.2, -0.15) is 0 Å². The molecule has 2 aromatic rings. The molecule has 1 saturated heterocycles. The normalized spacial score (nSPS) is 16.2. The Hall–Kier alpha value is -2.74. The minimum Gasteiger partial charge on any atom is -0.342 e. The average Bonchev–Trinajstić information content (AvgIpc) is 2.75. The van der Waals surface area contributed by atoms with Crippen LogP contribution in [0.1, 0.15) is 36.5 Å².